The normalized spacial score (nSPS) is 13.1. The lowest BCUT2D eigenvalue weighted by Gasteiger charge is -2.20. The first-order valence-electron chi connectivity index (χ1n) is 5.70. The van der Waals surface area contributed by atoms with E-state index in [1.54, 1.807) is 6.07 Å². The molecule has 1 atom stereocenters. The first-order valence-corrected chi connectivity index (χ1v) is 6.49. The van der Waals surface area contributed by atoms with Crippen molar-refractivity contribution >= 4 is 15.9 Å². The minimum Gasteiger partial charge on any atom is -0.392 e. The van der Waals surface area contributed by atoms with Crippen LogP contribution in [0.25, 0.3) is 0 Å². The van der Waals surface area contributed by atoms with Crippen LogP contribution < -0.4 is 0 Å². The number of hydrogen-bond donors (Lipinski definition) is 1. The molecule has 0 saturated heterocycles. The van der Waals surface area contributed by atoms with Gasteiger partial charge in [0.25, 0.3) is 0 Å². The van der Waals surface area contributed by atoms with E-state index in [9.17, 15) is 9.50 Å². The molecule has 1 nitrogen and oxygen atoms in total. The predicted molar refractivity (Wildman–Crippen MR) is 67.9 cm³/mol. The van der Waals surface area contributed by atoms with Crippen molar-refractivity contribution in [3.63, 3.8) is 0 Å². The van der Waals surface area contributed by atoms with Crippen molar-refractivity contribution in [3.8, 4) is 0 Å². The molecule has 16 heavy (non-hydrogen) atoms. The fourth-order valence-electron chi connectivity index (χ4n) is 1.92. The molecule has 0 amide bonds. The van der Waals surface area contributed by atoms with Crippen molar-refractivity contribution < 1.29 is 9.50 Å². The Bertz CT molecular complexity index is 337. The van der Waals surface area contributed by atoms with E-state index in [0.29, 0.717) is 6.42 Å². The molecule has 1 aromatic carbocycles. The van der Waals surface area contributed by atoms with Gasteiger partial charge in [0.2, 0.25) is 0 Å². The maximum atomic E-state index is 13.1. The fourth-order valence-corrected chi connectivity index (χ4v) is 2.33. The molecule has 90 valence electrons. The minimum absolute atomic E-state index is 0.255. The zero-order valence-electron chi connectivity index (χ0n) is 9.71. The molecule has 1 N–H and O–H groups in total. The summed E-state index contributed by atoms with van der Waals surface area (Å²) in [7, 11) is 0. The summed E-state index contributed by atoms with van der Waals surface area (Å²) in [5.74, 6) is 0.0325. The van der Waals surface area contributed by atoms with Gasteiger partial charge in [0.15, 0.2) is 0 Å². The van der Waals surface area contributed by atoms with Crippen LogP contribution in [-0.4, -0.2) is 11.2 Å². The SMILES string of the molecule is CCC(CC)C(O)Cc1cc(F)ccc1Br. The van der Waals surface area contributed by atoms with E-state index in [1.165, 1.54) is 12.1 Å². The highest BCUT2D eigenvalue weighted by Gasteiger charge is 2.17. The minimum atomic E-state index is -0.395. The van der Waals surface area contributed by atoms with Gasteiger partial charge in [-0.05, 0) is 36.1 Å². The lowest BCUT2D eigenvalue weighted by atomic mass is 9.92. The van der Waals surface area contributed by atoms with Gasteiger partial charge in [0.05, 0.1) is 6.10 Å². The third kappa shape index (κ3) is 3.56. The molecule has 0 radical (unpaired) electrons. The third-order valence-electron chi connectivity index (χ3n) is 3.03. The molecule has 0 fully saturated rings. The fraction of sp³-hybridized carbons (Fsp3) is 0.538. The highest BCUT2D eigenvalue weighted by molar-refractivity contribution is 9.10. The molecule has 0 spiro atoms. The van der Waals surface area contributed by atoms with E-state index in [0.717, 1.165) is 22.9 Å². The molecule has 0 heterocycles. The lowest BCUT2D eigenvalue weighted by molar-refractivity contribution is 0.103. The van der Waals surface area contributed by atoms with Gasteiger partial charge in [-0.2, -0.15) is 0 Å². The Hall–Kier alpha value is -0.410. The van der Waals surface area contributed by atoms with Crippen molar-refractivity contribution in [2.24, 2.45) is 5.92 Å². The zero-order valence-corrected chi connectivity index (χ0v) is 11.3. The number of rotatable bonds is 5. The van der Waals surface area contributed by atoms with Gasteiger partial charge < -0.3 is 5.11 Å². The van der Waals surface area contributed by atoms with E-state index in [1.807, 2.05) is 0 Å². The number of aliphatic hydroxyl groups excluding tert-OH is 1. The number of hydrogen-bond acceptors (Lipinski definition) is 1. The second kappa shape index (κ2) is 6.36. The van der Waals surface area contributed by atoms with Crippen molar-refractivity contribution in [2.45, 2.75) is 39.2 Å². The third-order valence-corrected chi connectivity index (χ3v) is 3.80. The monoisotopic (exact) mass is 288 g/mol. The Balaban J connectivity index is 2.75. The summed E-state index contributed by atoms with van der Waals surface area (Å²) in [6.07, 6.45) is 2.01. The molecule has 3 heteroatoms. The molecule has 0 aromatic heterocycles. The van der Waals surface area contributed by atoms with Gasteiger partial charge in [-0.25, -0.2) is 4.39 Å². The van der Waals surface area contributed by atoms with E-state index >= 15 is 0 Å². The van der Waals surface area contributed by atoms with Crippen LogP contribution >= 0.6 is 15.9 Å². The molecule has 0 aliphatic heterocycles. The average molecular weight is 289 g/mol. The molecule has 1 unspecified atom stereocenters. The van der Waals surface area contributed by atoms with Crippen LogP contribution in [0.5, 0.6) is 0 Å². The quantitative estimate of drug-likeness (QED) is 0.870. The van der Waals surface area contributed by atoms with E-state index in [-0.39, 0.29) is 11.7 Å². The molecule has 0 bridgehead atoms. The molecular formula is C13H18BrFO. The number of aliphatic hydroxyl groups is 1. The van der Waals surface area contributed by atoms with Gasteiger partial charge in [-0.15, -0.1) is 0 Å². The lowest BCUT2D eigenvalue weighted by Crippen LogP contribution is -2.22. The van der Waals surface area contributed by atoms with Gasteiger partial charge in [-0.1, -0.05) is 42.6 Å². The summed E-state index contributed by atoms with van der Waals surface area (Å²) >= 11 is 3.37. The van der Waals surface area contributed by atoms with Crippen molar-refractivity contribution in [2.75, 3.05) is 0 Å². The molecule has 1 rings (SSSR count). The Morgan fingerprint density at radius 3 is 2.50 bits per heavy atom. The Morgan fingerprint density at radius 2 is 1.94 bits per heavy atom. The summed E-state index contributed by atoms with van der Waals surface area (Å²) in [6, 6.07) is 4.58. The summed E-state index contributed by atoms with van der Waals surface area (Å²) in [4.78, 5) is 0. The maximum Gasteiger partial charge on any atom is 0.123 e. The highest BCUT2D eigenvalue weighted by Crippen LogP contribution is 2.23. The summed E-state index contributed by atoms with van der Waals surface area (Å²) in [6.45, 7) is 4.13. The number of halogens is 2. The largest absolute Gasteiger partial charge is 0.392 e. The summed E-state index contributed by atoms with van der Waals surface area (Å²) in [5.41, 5.74) is 0.833. The Labute approximate surface area is 105 Å². The molecule has 0 aliphatic carbocycles. The molecular weight excluding hydrogens is 271 g/mol. The van der Waals surface area contributed by atoms with Crippen LogP contribution in [0.2, 0.25) is 0 Å². The second-order valence-corrected chi connectivity index (χ2v) is 4.94. The van der Waals surface area contributed by atoms with Gasteiger partial charge >= 0.3 is 0 Å². The van der Waals surface area contributed by atoms with Crippen LogP contribution in [0.15, 0.2) is 22.7 Å². The first kappa shape index (κ1) is 13.7. The Kier molecular flexibility index (Phi) is 5.42. The van der Waals surface area contributed by atoms with E-state index in [4.69, 9.17) is 0 Å². The summed E-state index contributed by atoms with van der Waals surface area (Å²) < 4.78 is 13.9. The molecule has 0 saturated carbocycles. The van der Waals surface area contributed by atoms with Gasteiger partial charge in [-0.3, -0.25) is 0 Å². The van der Waals surface area contributed by atoms with Crippen molar-refractivity contribution in [3.05, 3.63) is 34.1 Å². The number of benzene rings is 1. The molecule has 1 aromatic rings. The van der Waals surface area contributed by atoms with Gasteiger partial charge in [0.1, 0.15) is 5.82 Å². The smallest absolute Gasteiger partial charge is 0.123 e. The maximum absolute atomic E-state index is 13.1. The van der Waals surface area contributed by atoms with Crippen LogP contribution in [0.1, 0.15) is 32.3 Å². The van der Waals surface area contributed by atoms with Crippen LogP contribution in [-0.2, 0) is 6.42 Å². The van der Waals surface area contributed by atoms with Crippen LogP contribution in [0, 0.1) is 11.7 Å². The molecule has 0 aliphatic rings. The van der Waals surface area contributed by atoms with Crippen molar-refractivity contribution in [1.29, 1.82) is 0 Å². The van der Waals surface area contributed by atoms with Crippen molar-refractivity contribution in [1.82, 2.24) is 0 Å². The zero-order chi connectivity index (χ0) is 12.1. The van der Waals surface area contributed by atoms with Crippen LogP contribution in [0.3, 0.4) is 0 Å². The first-order chi connectivity index (χ1) is 7.58. The van der Waals surface area contributed by atoms with E-state index in [2.05, 4.69) is 29.8 Å². The standard InChI is InChI=1S/C13H18BrFO/c1-3-9(4-2)13(16)8-10-7-11(15)5-6-12(10)14/h5-7,9,13,16H,3-4,8H2,1-2H3. The Morgan fingerprint density at radius 1 is 1.31 bits per heavy atom. The average Bonchev–Trinajstić information content (AvgIpc) is 2.25. The van der Waals surface area contributed by atoms with Gasteiger partial charge in [0, 0.05) is 4.47 Å². The second-order valence-electron chi connectivity index (χ2n) is 4.08. The summed E-state index contributed by atoms with van der Waals surface area (Å²) in [5, 5.41) is 10.0. The van der Waals surface area contributed by atoms with Crippen LogP contribution in [0.4, 0.5) is 4.39 Å². The topological polar surface area (TPSA) is 20.2 Å². The highest BCUT2D eigenvalue weighted by atomic mass is 79.9. The predicted octanol–water partition coefficient (Wildman–Crippen LogP) is 3.93. The van der Waals surface area contributed by atoms with E-state index < -0.39 is 6.10 Å².